The van der Waals surface area contributed by atoms with Gasteiger partial charge in [-0.15, -0.1) is 0 Å². The van der Waals surface area contributed by atoms with Gasteiger partial charge in [-0.2, -0.15) is 0 Å². The lowest BCUT2D eigenvalue weighted by Crippen LogP contribution is -2.29. The Bertz CT molecular complexity index is 870. The van der Waals surface area contributed by atoms with E-state index in [4.69, 9.17) is 12.2 Å². The summed E-state index contributed by atoms with van der Waals surface area (Å²) in [5, 5.41) is 2.82. The molecule has 1 aliphatic rings. The van der Waals surface area contributed by atoms with Crippen LogP contribution in [0, 0.1) is 0 Å². The quantitative estimate of drug-likeness (QED) is 0.394. The van der Waals surface area contributed by atoms with Gasteiger partial charge in [0.05, 0.1) is 16.8 Å². The molecule has 0 unspecified atom stereocenters. The van der Waals surface area contributed by atoms with E-state index in [1.807, 2.05) is 42.5 Å². The molecule has 2 heterocycles. The molecule has 2 aromatic rings. The molecule has 5 nitrogen and oxygen atoms in total. The molecule has 1 aromatic carbocycles. The molecule has 0 saturated carbocycles. The number of amides is 2. The number of nitrogens with one attached hydrogen (secondary N) is 1. The number of benzene rings is 1. The molecule has 3 rings (SSSR count). The topological polar surface area (TPSA) is 62.3 Å². The zero-order chi connectivity index (χ0) is 19.8. The lowest BCUT2D eigenvalue weighted by atomic mass is 10.1. The van der Waals surface area contributed by atoms with Crippen molar-refractivity contribution in [2.75, 3.05) is 11.9 Å². The molecule has 0 spiro atoms. The summed E-state index contributed by atoms with van der Waals surface area (Å²) >= 11 is 6.71. The van der Waals surface area contributed by atoms with Gasteiger partial charge in [0.15, 0.2) is 0 Å². The second kappa shape index (κ2) is 10.1. The Hall–Kier alpha value is -2.51. The van der Waals surface area contributed by atoms with E-state index in [0.29, 0.717) is 27.9 Å². The summed E-state index contributed by atoms with van der Waals surface area (Å²) in [4.78, 5) is 30.8. The van der Waals surface area contributed by atoms with Gasteiger partial charge in [0.25, 0.3) is 5.91 Å². The number of anilines is 1. The number of carbonyl (C=O) groups is 2. The Kier molecular flexibility index (Phi) is 7.33. The third kappa shape index (κ3) is 5.74. The predicted molar refractivity (Wildman–Crippen MR) is 118 cm³/mol. The van der Waals surface area contributed by atoms with E-state index >= 15 is 0 Å². The van der Waals surface area contributed by atoms with Crippen LogP contribution in [0.4, 0.5) is 5.69 Å². The predicted octanol–water partition coefficient (Wildman–Crippen LogP) is 4.48. The van der Waals surface area contributed by atoms with Crippen molar-refractivity contribution in [2.45, 2.75) is 25.7 Å². The van der Waals surface area contributed by atoms with Crippen LogP contribution in [0.25, 0.3) is 6.08 Å². The van der Waals surface area contributed by atoms with Crippen molar-refractivity contribution in [1.29, 1.82) is 0 Å². The van der Waals surface area contributed by atoms with Crippen molar-refractivity contribution < 1.29 is 9.59 Å². The molecule has 0 aliphatic carbocycles. The Morgan fingerprint density at radius 2 is 1.96 bits per heavy atom. The normalized spacial score (nSPS) is 15.3. The van der Waals surface area contributed by atoms with Gasteiger partial charge in [0.1, 0.15) is 4.32 Å². The highest BCUT2D eigenvalue weighted by atomic mass is 32.2. The average Bonchev–Trinajstić information content (AvgIpc) is 2.96. The minimum Gasteiger partial charge on any atom is -0.325 e. The molecule has 1 aliphatic heterocycles. The summed E-state index contributed by atoms with van der Waals surface area (Å²) in [7, 11) is 0. The lowest BCUT2D eigenvalue weighted by molar-refractivity contribution is -0.122. The zero-order valence-corrected chi connectivity index (χ0v) is 17.0. The highest BCUT2D eigenvalue weighted by molar-refractivity contribution is 8.26. The van der Waals surface area contributed by atoms with Gasteiger partial charge in [0.2, 0.25) is 5.91 Å². The summed E-state index contributed by atoms with van der Waals surface area (Å²) in [5.74, 6) is -0.0578. The average molecular weight is 412 g/mol. The molecule has 144 valence electrons. The van der Waals surface area contributed by atoms with Crippen molar-refractivity contribution in [1.82, 2.24) is 9.88 Å². The van der Waals surface area contributed by atoms with E-state index in [2.05, 4.69) is 10.3 Å². The maximum atomic E-state index is 12.6. The van der Waals surface area contributed by atoms with Crippen LogP contribution < -0.4 is 5.32 Å². The lowest BCUT2D eigenvalue weighted by Gasteiger charge is -2.14. The van der Waals surface area contributed by atoms with Gasteiger partial charge in [-0.05, 0) is 36.6 Å². The fraction of sp³-hybridized carbons (Fsp3) is 0.238. The van der Waals surface area contributed by atoms with Crippen LogP contribution in [-0.4, -0.2) is 32.6 Å². The molecule has 0 atom stereocenters. The van der Waals surface area contributed by atoms with Crippen LogP contribution in [0.1, 0.15) is 31.2 Å². The minimum atomic E-state index is -0.0341. The fourth-order valence-corrected chi connectivity index (χ4v) is 4.09. The first-order chi connectivity index (χ1) is 13.6. The van der Waals surface area contributed by atoms with Gasteiger partial charge in [-0.25, -0.2) is 0 Å². The Labute approximate surface area is 174 Å². The number of thioether (sulfide) groups is 1. The van der Waals surface area contributed by atoms with Crippen LogP contribution in [0.15, 0.2) is 59.8 Å². The first-order valence-electron chi connectivity index (χ1n) is 9.14. The van der Waals surface area contributed by atoms with Crippen molar-refractivity contribution in [3.05, 3.63) is 65.3 Å². The van der Waals surface area contributed by atoms with Crippen molar-refractivity contribution >= 4 is 51.9 Å². The molecule has 7 heteroatoms. The highest BCUT2D eigenvalue weighted by Crippen LogP contribution is 2.32. The molecule has 1 fully saturated rings. The summed E-state index contributed by atoms with van der Waals surface area (Å²) in [6.07, 6.45) is 8.04. The number of unbranched alkanes of at least 4 members (excludes halogenated alkanes) is 2. The Balaban J connectivity index is 1.40. The van der Waals surface area contributed by atoms with E-state index in [9.17, 15) is 9.59 Å². The number of pyridine rings is 1. The SMILES string of the molecule is O=C(CCCCCN1C(=O)C(=Cc2ccccc2)SC1=S)Nc1cccnc1. The van der Waals surface area contributed by atoms with Crippen LogP contribution in [0.5, 0.6) is 0 Å². The van der Waals surface area contributed by atoms with Crippen molar-refractivity contribution in [3.8, 4) is 0 Å². The largest absolute Gasteiger partial charge is 0.325 e. The van der Waals surface area contributed by atoms with Crippen LogP contribution >= 0.6 is 24.0 Å². The first-order valence-corrected chi connectivity index (χ1v) is 10.4. The van der Waals surface area contributed by atoms with Crippen LogP contribution in [0.3, 0.4) is 0 Å². The summed E-state index contributed by atoms with van der Waals surface area (Å²) < 4.78 is 0.599. The highest BCUT2D eigenvalue weighted by Gasteiger charge is 2.31. The van der Waals surface area contributed by atoms with E-state index < -0.39 is 0 Å². The number of thiocarbonyl (C=S) groups is 1. The molecular weight excluding hydrogens is 390 g/mol. The molecule has 1 saturated heterocycles. The number of aromatic nitrogens is 1. The third-order valence-electron chi connectivity index (χ3n) is 4.20. The maximum absolute atomic E-state index is 12.6. The van der Waals surface area contributed by atoms with Crippen LogP contribution in [-0.2, 0) is 9.59 Å². The van der Waals surface area contributed by atoms with E-state index in [1.54, 1.807) is 23.4 Å². The third-order valence-corrected chi connectivity index (χ3v) is 5.58. The summed E-state index contributed by atoms with van der Waals surface area (Å²) in [6, 6.07) is 13.3. The van der Waals surface area contributed by atoms with Crippen molar-refractivity contribution in [3.63, 3.8) is 0 Å². The standard InChI is InChI=1S/C21H21N3O2S2/c25-19(23-17-10-7-12-22-15-17)11-5-2-6-13-24-20(26)18(28-21(24)27)14-16-8-3-1-4-9-16/h1,3-4,7-10,12,14-15H,2,5-6,11,13H2,(H,23,25). The minimum absolute atomic E-state index is 0.0237. The molecule has 0 radical (unpaired) electrons. The number of carbonyl (C=O) groups excluding carboxylic acids is 2. The number of rotatable bonds is 8. The second-order valence-corrected chi connectivity index (χ2v) is 8.02. The Morgan fingerprint density at radius 3 is 2.71 bits per heavy atom. The number of nitrogens with zero attached hydrogens (tertiary/aromatic N) is 2. The van der Waals surface area contributed by atoms with Gasteiger partial charge in [-0.1, -0.05) is 60.7 Å². The molecule has 1 aromatic heterocycles. The number of hydrogen-bond donors (Lipinski definition) is 1. The van der Waals surface area contributed by atoms with Crippen molar-refractivity contribution in [2.24, 2.45) is 0 Å². The molecule has 2 amide bonds. The van der Waals surface area contributed by atoms with E-state index in [-0.39, 0.29) is 11.8 Å². The first kappa shape index (κ1) is 20.2. The summed E-state index contributed by atoms with van der Waals surface area (Å²) in [5.41, 5.74) is 1.69. The van der Waals surface area contributed by atoms with Crippen LogP contribution in [0.2, 0.25) is 0 Å². The summed E-state index contributed by atoms with van der Waals surface area (Å²) in [6.45, 7) is 0.584. The molecule has 1 N–H and O–H groups in total. The molecular formula is C21H21N3O2S2. The van der Waals surface area contributed by atoms with E-state index in [1.165, 1.54) is 11.8 Å². The molecule has 28 heavy (non-hydrogen) atoms. The number of hydrogen-bond acceptors (Lipinski definition) is 5. The monoisotopic (exact) mass is 411 g/mol. The van der Waals surface area contributed by atoms with Gasteiger partial charge in [0, 0.05) is 19.2 Å². The van der Waals surface area contributed by atoms with E-state index in [0.717, 1.165) is 24.8 Å². The molecule has 0 bridgehead atoms. The zero-order valence-electron chi connectivity index (χ0n) is 15.3. The van der Waals surface area contributed by atoms with Gasteiger partial charge < -0.3 is 5.32 Å². The Morgan fingerprint density at radius 1 is 1.14 bits per heavy atom. The fourth-order valence-electron chi connectivity index (χ4n) is 2.79. The second-order valence-electron chi connectivity index (χ2n) is 6.34. The maximum Gasteiger partial charge on any atom is 0.266 e. The smallest absolute Gasteiger partial charge is 0.266 e. The van der Waals surface area contributed by atoms with Gasteiger partial charge >= 0.3 is 0 Å². The van der Waals surface area contributed by atoms with Gasteiger partial charge in [-0.3, -0.25) is 19.5 Å².